The van der Waals surface area contributed by atoms with Crippen LogP contribution in [0.25, 0.3) is 0 Å². The van der Waals surface area contributed by atoms with Crippen LogP contribution in [0.4, 0.5) is 0 Å². The van der Waals surface area contributed by atoms with E-state index < -0.39 is 0 Å². The van der Waals surface area contributed by atoms with Crippen LogP contribution in [-0.4, -0.2) is 44.7 Å². The molecule has 1 aromatic carbocycles. The van der Waals surface area contributed by atoms with Crippen LogP contribution in [0.2, 0.25) is 0 Å². The van der Waals surface area contributed by atoms with Crippen LogP contribution >= 0.6 is 0 Å². The molecule has 104 valence electrons. The summed E-state index contributed by atoms with van der Waals surface area (Å²) in [7, 11) is 2.05. The number of nitrogens with zero attached hydrogens (tertiary/aromatic N) is 1. The first-order valence-electron chi connectivity index (χ1n) is 7.45. The minimum atomic E-state index is 0.651. The summed E-state index contributed by atoms with van der Waals surface area (Å²) in [5.74, 6) is 2.59. The Morgan fingerprint density at radius 1 is 1.32 bits per heavy atom. The first-order chi connectivity index (χ1) is 9.36. The molecule has 0 saturated carbocycles. The van der Waals surface area contributed by atoms with Crippen molar-refractivity contribution in [3.63, 3.8) is 0 Å². The van der Waals surface area contributed by atoms with E-state index in [0.717, 1.165) is 31.2 Å². The number of rotatable bonds is 4. The quantitative estimate of drug-likeness (QED) is 0.897. The molecule has 2 unspecified atom stereocenters. The summed E-state index contributed by atoms with van der Waals surface area (Å²) in [6.07, 6.45) is 2.50. The fraction of sp³-hybridized carbons (Fsp3) is 0.625. The van der Waals surface area contributed by atoms with Crippen molar-refractivity contribution in [2.24, 2.45) is 5.92 Å². The van der Waals surface area contributed by atoms with Crippen LogP contribution in [0.3, 0.4) is 0 Å². The molecule has 0 aromatic heterocycles. The second kappa shape index (κ2) is 5.93. The molecule has 0 aliphatic carbocycles. The molecule has 0 amide bonds. The molecule has 1 N–H and O–H groups in total. The van der Waals surface area contributed by atoms with Crippen molar-refractivity contribution in [3.05, 3.63) is 29.8 Å². The molecule has 0 bridgehead atoms. The van der Waals surface area contributed by atoms with Gasteiger partial charge in [-0.25, -0.2) is 0 Å². The molecule has 0 radical (unpaired) electrons. The number of fused-ring (bicyclic) bond motifs is 1. The first kappa shape index (κ1) is 12.9. The maximum Gasteiger partial charge on any atom is 0.122 e. The Kier molecular flexibility index (Phi) is 4.04. The van der Waals surface area contributed by atoms with E-state index in [1.54, 1.807) is 0 Å². The van der Waals surface area contributed by atoms with Crippen LogP contribution in [-0.2, 0) is 0 Å². The van der Waals surface area contributed by atoms with Gasteiger partial charge >= 0.3 is 0 Å². The Morgan fingerprint density at radius 3 is 3.11 bits per heavy atom. The maximum atomic E-state index is 5.75. The van der Waals surface area contributed by atoms with Crippen LogP contribution in [0, 0.1) is 5.92 Å². The topological polar surface area (TPSA) is 24.5 Å². The van der Waals surface area contributed by atoms with E-state index in [1.807, 2.05) is 0 Å². The molecule has 1 fully saturated rings. The van der Waals surface area contributed by atoms with Crippen molar-refractivity contribution < 1.29 is 4.74 Å². The van der Waals surface area contributed by atoms with E-state index in [-0.39, 0.29) is 0 Å². The summed E-state index contributed by atoms with van der Waals surface area (Å²) >= 11 is 0. The molecule has 1 saturated heterocycles. The second-order valence-electron chi connectivity index (χ2n) is 5.84. The number of nitrogens with one attached hydrogen (secondary N) is 1. The Bertz CT molecular complexity index is 421. The summed E-state index contributed by atoms with van der Waals surface area (Å²) in [5.41, 5.74) is 1.41. The predicted octanol–water partition coefficient (Wildman–Crippen LogP) is 2.09. The highest BCUT2D eigenvalue weighted by Crippen LogP contribution is 2.34. The van der Waals surface area contributed by atoms with Gasteiger partial charge in [-0.3, -0.25) is 0 Å². The van der Waals surface area contributed by atoms with E-state index in [0.29, 0.717) is 5.92 Å². The molecule has 2 aliphatic heterocycles. The van der Waals surface area contributed by atoms with Crippen molar-refractivity contribution in [2.45, 2.75) is 18.8 Å². The predicted molar refractivity (Wildman–Crippen MR) is 77.8 cm³/mol. The third-order valence-corrected chi connectivity index (χ3v) is 4.42. The second-order valence-corrected chi connectivity index (χ2v) is 5.84. The highest BCUT2D eigenvalue weighted by molar-refractivity contribution is 5.37. The summed E-state index contributed by atoms with van der Waals surface area (Å²) in [5, 5.41) is 3.30. The minimum absolute atomic E-state index is 0.651. The molecule has 2 heterocycles. The standard InChI is InChI=1S/C16H24N2O/c1-17-10-13-6-8-18(11-13)12-14-7-9-19-16-5-3-2-4-15(14)16/h2-5,13-14,17H,6-12H2,1H3. The number of ether oxygens (including phenoxy) is 1. The lowest BCUT2D eigenvalue weighted by atomic mass is 9.92. The lowest BCUT2D eigenvalue weighted by Gasteiger charge is -2.29. The number of para-hydroxylation sites is 1. The lowest BCUT2D eigenvalue weighted by molar-refractivity contribution is 0.228. The SMILES string of the molecule is CNCC1CCN(CC2CCOc3ccccc32)C1. The van der Waals surface area contributed by atoms with Crippen LogP contribution < -0.4 is 10.1 Å². The third kappa shape index (κ3) is 2.93. The molecule has 2 aliphatic rings. The molecule has 1 aromatic rings. The molecule has 19 heavy (non-hydrogen) atoms. The molecule has 3 heteroatoms. The summed E-state index contributed by atoms with van der Waals surface area (Å²) < 4.78 is 5.75. The van der Waals surface area contributed by atoms with Gasteiger partial charge in [0, 0.05) is 19.0 Å². The number of likely N-dealkylation sites (tertiary alicyclic amines) is 1. The Hall–Kier alpha value is -1.06. The molecule has 3 nitrogen and oxygen atoms in total. The number of benzene rings is 1. The zero-order valence-corrected chi connectivity index (χ0v) is 11.8. The minimum Gasteiger partial charge on any atom is -0.493 e. The van der Waals surface area contributed by atoms with Gasteiger partial charge < -0.3 is 15.0 Å². The van der Waals surface area contributed by atoms with Crippen LogP contribution in [0.5, 0.6) is 5.75 Å². The number of hydrogen-bond donors (Lipinski definition) is 1. The van der Waals surface area contributed by atoms with Crippen LogP contribution in [0.1, 0.15) is 24.3 Å². The van der Waals surface area contributed by atoms with Crippen molar-refractivity contribution >= 4 is 0 Å². The van der Waals surface area contributed by atoms with Gasteiger partial charge in [0.2, 0.25) is 0 Å². The Morgan fingerprint density at radius 2 is 2.21 bits per heavy atom. The van der Waals surface area contributed by atoms with Crippen molar-refractivity contribution in [1.82, 2.24) is 10.2 Å². The highest BCUT2D eigenvalue weighted by Gasteiger charge is 2.27. The lowest BCUT2D eigenvalue weighted by Crippen LogP contribution is -2.30. The number of hydrogen-bond acceptors (Lipinski definition) is 3. The van der Waals surface area contributed by atoms with Crippen molar-refractivity contribution in [2.75, 3.05) is 39.8 Å². The van der Waals surface area contributed by atoms with Crippen molar-refractivity contribution in [3.8, 4) is 5.75 Å². The summed E-state index contributed by atoms with van der Waals surface area (Å²) in [6.45, 7) is 5.73. The van der Waals surface area contributed by atoms with Gasteiger partial charge in [-0.05, 0) is 50.5 Å². The normalized spacial score (nSPS) is 27.0. The largest absolute Gasteiger partial charge is 0.493 e. The van der Waals surface area contributed by atoms with Gasteiger partial charge in [0.05, 0.1) is 6.61 Å². The fourth-order valence-electron chi connectivity index (χ4n) is 3.45. The fourth-order valence-corrected chi connectivity index (χ4v) is 3.45. The molecule has 0 spiro atoms. The Balaban J connectivity index is 1.62. The van der Waals surface area contributed by atoms with Gasteiger partial charge in [-0.1, -0.05) is 18.2 Å². The van der Waals surface area contributed by atoms with Crippen LogP contribution in [0.15, 0.2) is 24.3 Å². The van der Waals surface area contributed by atoms with Gasteiger partial charge in [-0.2, -0.15) is 0 Å². The van der Waals surface area contributed by atoms with Gasteiger partial charge in [-0.15, -0.1) is 0 Å². The van der Waals surface area contributed by atoms with Gasteiger partial charge in [0.1, 0.15) is 5.75 Å². The summed E-state index contributed by atoms with van der Waals surface area (Å²) in [4.78, 5) is 2.63. The van der Waals surface area contributed by atoms with Crippen molar-refractivity contribution in [1.29, 1.82) is 0 Å². The van der Waals surface area contributed by atoms with E-state index in [1.165, 1.54) is 31.6 Å². The van der Waals surface area contributed by atoms with E-state index >= 15 is 0 Å². The Labute approximate surface area is 115 Å². The third-order valence-electron chi connectivity index (χ3n) is 4.42. The monoisotopic (exact) mass is 260 g/mol. The average molecular weight is 260 g/mol. The van der Waals surface area contributed by atoms with Gasteiger partial charge in [0.15, 0.2) is 0 Å². The maximum absolute atomic E-state index is 5.75. The van der Waals surface area contributed by atoms with Gasteiger partial charge in [0.25, 0.3) is 0 Å². The highest BCUT2D eigenvalue weighted by atomic mass is 16.5. The van der Waals surface area contributed by atoms with E-state index in [4.69, 9.17) is 4.74 Å². The molecular formula is C16H24N2O. The zero-order chi connectivity index (χ0) is 13.1. The average Bonchev–Trinajstić information content (AvgIpc) is 2.87. The zero-order valence-electron chi connectivity index (χ0n) is 11.8. The summed E-state index contributed by atoms with van der Waals surface area (Å²) in [6, 6.07) is 8.55. The molecule has 3 rings (SSSR count). The molecular weight excluding hydrogens is 236 g/mol. The molecule has 2 atom stereocenters. The van der Waals surface area contributed by atoms with E-state index in [9.17, 15) is 0 Å². The first-order valence-corrected chi connectivity index (χ1v) is 7.45. The smallest absolute Gasteiger partial charge is 0.122 e. The van der Waals surface area contributed by atoms with E-state index in [2.05, 4.69) is 41.5 Å².